The van der Waals surface area contributed by atoms with E-state index >= 15 is 0 Å². The topological polar surface area (TPSA) is 82.6 Å². The van der Waals surface area contributed by atoms with Crippen LogP contribution in [0.15, 0.2) is 91.3 Å². The van der Waals surface area contributed by atoms with Crippen LogP contribution in [0.3, 0.4) is 0 Å². The van der Waals surface area contributed by atoms with E-state index in [2.05, 4.69) is 39.5 Å². The summed E-state index contributed by atoms with van der Waals surface area (Å²) in [5.74, 6) is -0.443. The number of sulfonamides is 1. The lowest BCUT2D eigenvalue weighted by Crippen LogP contribution is -2.54. The van der Waals surface area contributed by atoms with E-state index in [0.29, 0.717) is 26.2 Å². The number of piperazine rings is 1. The normalized spacial score (nSPS) is 16.3. The fraction of sp³-hybridized carbons (Fsp3) is 0.286. The van der Waals surface area contributed by atoms with Gasteiger partial charge in [0.05, 0.1) is 6.04 Å². The predicted octanol–water partition coefficient (Wildman–Crippen LogP) is 3.68. The fourth-order valence-corrected chi connectivity index (χ4v) is 6.24. The molecule has 1 fully saturated rings. The first-order chi connectivity index (χ1) is 17.5. The van der Waals surface area contributed by atoms with Gasteiger partial charge in [0.2, 0.25) is 15.9 Å². The van der Waals surface area contributed by atoms with E-state index in [9.17, 15) is 13.2 Å². The largest absolute Gasteiger partial charge is 0.335 e. The highest BCUT2D eigenvalue weighted by molar-refractivity contribution is 7.89. The Balaban J connectivity index is 1.43. The first-order valence-corrected chi connectivity index (χ1v) is 13.7. The van der Waals surface area contributed by atoms with Gasteiger partial charge in [0.1, 0.15) is 5.37 Å². The summed E-state index contributed by atoms with van der Waals surface area (Å²) in [5.41, 5.74) is 3.13. The Labute approximate surface area is 213 Å². The second kappa shape index (κ2) is 12.1. The molecule has 1 aromatic heterocycles. The number of pyridine rings is 1. The highest BCUT2D eigenvalue weighted by Gasteiger charge is 2.35. The molecule has 1 atom stereocenters. The average molecular weight is 505 g/mol. The van der Waals surface area contributed by atoms with E-state index in [4.69, 9.17) is 0 Å². The first kappa shape index (κ1) is 25.8. The molecule has 1 aliphatic rings. The summed E-state index contributed by atoms with van der Waals surface area (Å²) >= 11 is 0. The van der Waals surface area contributed by atoms with Crippen LogP contribution in [0.25, 0.3) is 6.08 Å². The van der Waals surface area contributed by atoms with Gasteiger partial charge in [-0.15, -0.1) is 0 Å². The van der Waals surface area contributed by atoms with Gasteiger partial charge in [-0.1, -0.05) is 73.7 Å². The number of carbonyl (C=O) groups is 1. The van der Waals surface area contributed by atoms with Crippen molar-refractivity contribution in [3.8, 4) is 0 Å². The Bertz CT molecular complexity index is 1200. The zero-order valence-corrected chi connectivity index (χ0v) is 21.2. The Morgan fingerprint density at radius 1 is 0.944 bits per heavy atom. The van der Waals surface area contributed by atoms with E-state index in [-0.39, 0.29) is 12.5 Å². The van der Waals surface area contributed by atoms with Crippen molar-refractivity contribution in [3.63, 3.8) is 0 Å². The molecule has 1 saturated heterocycles. The maximum absolute atomic E-state index is 13.4. The molecular formula is C28H32N4O3S. The van der Waals surface area contributed by atoms with E-state index in [1.54, 1.807) is 31.5 Å². The van der Waals surface area contributed by atoms with Crippen LogP contribution < -0.4 is 5.32 Å². The van der Waals surface area contributed by atoms with Crippen LogP contribution in [0.5, 0.6) is 0 Å². The van der Waals surface area contributed by atoms with Crippen molar-refractivity contribution in [1.29, 1.82) is 0 Å². The maximum atomic E-state index is 13.4. The number of nitrogens with one attached hydrogen (secondary N) is 1. The summed E-state index contributed by atoms with van der Waals surface area (Å²) in [6, 6.07) is 24.2. The fourth-order valence-electron chi connectivity index (χ4n) is 4.52. The number of hydrogen-bond acceptors (Lipinski definition) is 5. The molecule has 0 aliphatic carbocycles. The van der Waals surface area contributed by atoms with Gasteiger partial charge in [0.25, 0.3) is 0 Å². The predicted molar refractivity (Wildman–Crippen MR) is 142 cm³/mol. The second-order valence-corrected chi connectivity index (χ2v) is 10.8. The van der Waals surface area contributed by atoms with Crippen molar-refractivity contribution >= 4 is 22.0 Å². The lowest BCUT2D eigenvalue weighted by molar-refractivity contribution is -0.116. The number of amides is 1. The third kappa shape index (κ3) is 6.26. The number of carbonyl (C=O) groups excluding carboxylic acids is 1. The number of benzene rings is 2. The summed E-state index contributed by atoms with van der Waals surface area (Å²) in [4.78, 5) is 18.8. The molecule has 1 N–H and O–H groups in total. The number of nitrogens with zero attached hydrogens (tertiary/aromatic N) is 3. The maximum Gasteiger partial charge on any atom is 0.245 e. The lowest BCUT2D eigenvalue weighted by Gasteiger charge is -2.40. The third-order valence-electron chi connectivity index (χ3n) is 6.37. The highest BCUT2D eigenvalue weighted by Crippen LogP contribution is 2.30. The average Bonchev–Trinajstić information content (AvgIpc) is 2.93. The molecule has 4 rings (SSSR count). The molecule has 2 aromatic carbocycles. The standard InChI is InChI=1S/C28H32N4O3S/c1-2-27(30-26(33)16-15-23-10-9-17-29-22-23)36(34,35)32-20-18-31(19-21-32)28(24-11-5-3-6-12-24)25-13-7-4-8-14-25/h3-17,22,27-28H,2,18-21H2,1H3,(H,30,33). The molecule has 188 valence electrons. The van der Waals surface area contributed by atoms with Gasteiger partial charge in [-0.2, -0.15) is 4.31 Å². The Morgan fingerprint density at radius 2 is 1.56 bits per heavy atom. The zero-order valence-electron chi connectivity index (χ0n) is 20.4. The summed E-state index contributed by atoms with van der Waals surface area (Å²) < 4.78 is 28.3. The minimum absolute atomic E-state index is 0.0524. The van der Waals surface area contributed by atoms with Crippen LogP contribution in [-0.2, 0) is 14.8 Å². The van der Waals surface area contributed by atoms with Gasteiger partial charge in [0, 0.05) is 44.6 Å². The monoisotopic (exact) mass is 504 g/mol. The van der Waals surface area contributed by atoms with Crippen LogP contribution in [-0.4, -0.2) is 60.1 Å². The van der Waals surface area contributed by atoms with Crippen molar-refractivity contribution in [1.82, 2.24) is 19.5 Å². The van der Waals surface area contributed by atoms with Crippen LogP contribution in [0.2, 0.25) is 0 Å². The summed E-state index contributed by atoms with van der Waals surface area (Å²) in [5, 5.41) is 1.69. The van der Waals surface area contributed by atoms with Crippen LogP contribution in [0.4, 0.5) is 0 Å². The molecule has 1 unspecified atom stereocenters. The molecule has 2 heterocycles. The lowest BCUT2D eigenvalue weighted by atomic mass is 9.96. The SMILES string of the molecule is CCC(NC(=O)C=Cc1cccnc1)S(=O)(=O)N1CCN(C(c2ccccc2)c2ccccc2)CC1. The van der Waals surface area contributed by atoms with Crippen molar-refractivity contribution in [3.05, 3.63) is 108 Å². The summed E-state index contributed by atoms with van der Waals surface area (Å²) in [7, 11) is -3.70. The van der Waals surface area contributed by atoms with Gasteiger partial charge in [-0.3, -0.25) is 14.7 Å². The van der Waals surface area contributed by atoms with Gasteiger partial charge in [-0.05, 0) is 35.3 Å². The number of aromatic nitrogens is 1. The molecule has 0 spiro atoms. The Hall–Kier alpha value is -3.33. The molecular weight excluding hydrogens is 472 g/mol. The van der Waals surface area contributed by atoms with Crippen molar-refractivity contribution in [2.45, 2.75) is 24.8 Å². The van der Waals surface area contributed by atoms with Crippen molar-refractivity contribution in [2.24, 2.45) is 0 Å². The smallest absolute Gasteiger partial charge is 0.245 e. The molecule has 8 heteroatoms. The molecule has 7 nitrogen and oxygen atoms in total. The van der Waals surface area contributed by atoms with Crippen LogP contribution in [0, 0.1) is 0 Å². The highest BCUT2D eigenvalue weighted by atomic mass is 32.2. The van der Waals surface area contributed by atoms with E-state index < -0.39 is 21.3 Å². The van der Waals surface area contributed by atoms with Gasteiger partial charge >= 0.3 is 0 Å². The molecule has 0 radical (unpaired) electrons. The molecule has 1 aliphatic heterocycles. The van der Waals surface area contributed by atoms with Gasteiger partial charge in [0.15, 0.2) is 0 Å². The second-order valence-electron chi connectivity index (χ2n) is 8.73. The Kier molecular flexibility index (Phi) is 8.64. The quantitative estimate of drug-likeness (QED) is 0.450. The molecule has 0 saturated carbocycles. The van der Waals surface area contributed by atoms with E-state index in [0.717, 1.165) is 5.56 Å². The van der Waals surface area contributed by atoms with Gasteiger partial charge in [-0.25, -0.2) is 8.42 Å². The van der Waals surface area contributed by atoms with E-state index in [1.807, 2.05) is 42.5 Å². The van der Waals surface area contributed by atoms with Gasteiger partial charge < -0.3 is 5.32 Å². The molecule has 3 aromatic rings. The van der Waals surface area contributed by atoms with Crippen LogP contribution >= 0.6 is 0 Å². The van der Waals surface area contributed by atoms with Crippen molar-refractivity contribution < 1.29 is 13.2 Å². The number of rotatable bonds is 9. The van der Waals surface area contributed by atoms with Crippen molar-refractivity contribution in [2.75, 3.05) is 26.2 Å². The molecule has 0 bridgehead atoms. The summed E-state index contributed by atoms with van der Waals surface area (Å²) in [6.07, 6.45) is 6.53. The molecule has 1 amide bonds. The summed E-state index contributed by atoms with van der Waals surface area (Å²) in [6.45, 7) is 3.70. The third-order valence-corrected chi connectivity index (χ3v) is 8.63. The molecule has 36 heavy (non-hydrogen) atoms. The minimum atomic E-state index is -3.70. The zero-order chi connectivity index (χ0) is 25.4. The van der Waals surface area contributed by atoms with Crippen LogP contribution in [0.1, 0.15) is 36.1 Å². The van der Waals surface area contributed by atoms with E-state index in [1.165, 1.54) is 21.5 Å². The number of hydrogen-bond donors (Lipinski definition) is 1. The minimum Gasteiger partial charge on any atom is -0.335 e. The Morgan fingerprint density at radius 3 is 2.08 bits per heavy atom. The first-order valence-electron chi connectivity index (χ1n) is 12.2.